The Morgan fingerprint density at radius 1 is 1.18 bits per heavy atom. The Kier molecular flexibility index (Phi) is 3.14. The van der Waals surface area contributed by atoms with E-state index in [1.54, 1.807) is 0 Å². The van der Waals surface area contributed by atoms with Crippen LogP contribution < -0.4 is 0 Å². The van der Waals surface area contributed by atoms with Gasteiger partial charge in [-0.05, 0) is 63.2 Å². The average molecular weight is 235 g/mol. The molecule has 3 fully saturated rings. The van der Waals surface area contributed by atoms with Crippen LogP contribution in [0.2, 0.25) is 0 Å². The highest BCUT2D eigenvalue weighted by Crippen LogP contribution is 2.49. The quantitative estimate of drug-likeness (QED) is 0.719. The van der Waals surface area contributed by atoms with Crippen molar-refractivity contribution in [3.63, 3.8) is 0 Å². The van der Waals surface area contributed by atoms with Gasteiger partial charge in [0.25, 0.3) is 0 Å². The van der Waals surface area contributed by atoms with E-state index in [9.17, 15) is 4.79 Å². The van der Waals surface area contributed by atoms with Gasteiger partial charge in [0, 0.05) is 19.0 Å². The molecular formula is C15H25NO. The number of likely N-dealkylation sites (tertiary alicyclic amines) is 1. The van der Waals surface area contributed by atoms with Crippen molar-refractivity contribution in [3.8, 4) is 0 Å². The van der Waals surface area contributed by atoms with Crippen molar-refractivity contribution in [2.45, 2.75) is 64.3 Å². The van der Waals surface area contributed by atoms with Gasteiger partial charge in [0.1, 0.15) is 0 Å². The van der Waals surface area contributed by atoms with E-state index in [1.807, 2.05) is 0 Å². The van der Waals surface area contributed by atoms with Crippen LogP contribution in [-0.4, -0.2) is 23.4 Å². The van der Waals surface area contributed by atoms with Crippen LogP contribution in [0.3, 0.4) is 0 Å². The first-order chi connectivity index (χ1) is 8.24. The molecular weight excluding hydrogens is 210 g/mol. The molecule has 0 radical (unpaired) electrons. The molecule has 2 heteroatoms. The average Bonchev–Trinajstić information content (AvgIpc) is 2.91. The zero-order valence-corrected chi connectivity index (χ0v) is 11.0. The molecule has 0 spiro atoms. The van der Waals surface area contributed by atoms with Crippen molar-refractivity contribution < 1.29 is 4.79 Å². The van der Waals surface area contributed by atoms with Gasteiger partial charge in [-0.15, -0.1) is 0 Å². The lowest BCUT2D eigenvalue weighted by molar-refractivity contribution is -0.135. The lowest BCUT2D eigenvalue weighted by Crippen LogP contribution is -2.42. The Balaban J connectivity index is 1.56. The number of amides is 1. The predicted octanol–water partition coefficient (Wildman–Crippen LogP) is 3.21. The molecule has 1 aliphatic heterocycles. The predicted molar refractivity (Wildman–Crippen MR) is 68.6 cm³/mol. The first kappa shape index (κ1) is 11.6. The Morgan fingerprint density at radius 3 is 2.71 bits per heavy atom. The van der Waals surface area contributed by atoms with Crippen LogP contribution >= 0.6 is 0 Å². The van der Waals surface area contributed by atoms with Crippen molar-refractivity contribution >= 4 is 5.91 Å². The highest BCUT2D eigenvalue weighted by Gasteiger charge is 2.41. The molecule has 4 atom stereocenters. The van der Waals surface area contributed by atoms with E-state index in [0.29, 0.717) is 11.9 Å². The SMILES string of the molecule is CC1CCCCN1C(=O)CC1CC2CCC1C2. The Bertz CT molecular complexity index is 301. The number of hydrogen-bond donors (Lipinski definition) is 0. The fourth-order valence-corrected chi connectivity index (χ4v) is 4.44. The normalized spacial score (nSPS) is 40.9. The molecule has 3 rings (SSSR count). The van der Waals surface area contributed by atoms with Gasteiger partial charge in [0.2, 0.25) is 5.91 Å². The summed E-state index contributed by atoms with van der Waals surface area (Å²) in [6, 6.07) is 0.495. The summed E-state index contributed by atoms with van der Waals surface area (Å²) < 4.78 is 0. The molecule has 2 bridgehead atoms. The summed E-state index contributed by atoms with van der Waals surface area (Å²) in [5, 5.41) is 0. The van der Waals surface area contributed by atoms with Gasteiger partial charge >= 0.3 is 0 Å². The fraction of sp³-hybridized carbons (Fsp3) is 0.933. The third kappa shape index (κ3) is 2.23. The molecule has 0 aromatic rings. The summed E-state index contributed by atoms with van der Waals surface area (Å²) in [6.07, 6.45) is 10.2. The molecule has 0 N–H and O–H groups in total. The number of piperidine rings is 1. The number of carbonyl (C=O) groups is 1. The zero-order valence-electron chi connectivity index (χ0n) is 11.0. The van der Waals surface area contributed by atoms with E-state index >= 15 is 0 Å². The van der Waals surface area contributed by atoms with Crippen molar-refractivity contribution in [3.05, 3.63) is 0 Å². The molecule has 2 aliphatic carbocycles. The molecule has 1 heterocycles. The van der Waals surface area contributed by atoms with E-state index in [2.05, 4.69) is 11.8 Å². The Hall–Kier alpha value is -0.530. The molecule has 17 heavy (non-hydrogen) atoms. The molecule has 0 aromatic heterocycles. The second-order valence-electron chi connectivity index (χ2n) is 6.57. The molecule has 1 saturated heterocycles. The first-order valence-corrected chi connectivity index (χ1v) is 7.53. The standard InChI is InChI=1S/C15H25NO/c1-11-4-2-3-7-16(11)15(17)10-14-9-12-5-6-13(14)8-12/h11-14H,2-10H2,1H3. The van der Waals surface area contributed by atoms with E-state index < -0.39 is 0 Å². The number of fused-ring (bicyclic) bond motifs is 2. The molecule has 2 saturated carbocycles. The maximum absolute atomic E-state index is 12.4. The Morgan fingerprint density at radius 2 is 2.06 bits per heavy atom. The van der Waals surface area contributed by atoms with Crippen LogP contribution in [0, 0.1) is 17.8 Å². The van der Waals surface area contributed by atoms with Gasteiger partial charge in [-0.25, -0.2) is 0 Å². The minimum absolute atomic E-state index is 0.453. The minimum Gasteiger partial charge on any atom is -0.340 e. The number of hydrogen-bond acceptors (Lipinski definition) is 1. The molecule has 2 nitrogen and oxygen atoms in total. The van der Waals surface area contributed by atoms with Gasteiger partial charge in [-0.3, -0.25) is 4.79 Å². The molecule has 96 valence electrons. The second-order valence-corrected chi connectivity index (χ2v) is 6.57. The molecule has 1 amide bonds. The van der Waals surface area contributed by atoms with Crippen molar-refractivity contribution in [1.29, 1.82) is 0 Å². The van der Waals surface area contributed by atoms with Gasteiger partial charge in [-0.1, -0.05) is 6.42 Å². The van der Waals surface area contributed by atoms with Gasteiger partial charge in [-0.2, -0.15) is 0 Å². The summed E-state index contributed by atoms with van der Waals surface area (Å²) in [4.78, 5) is 14.5. The van der Waals surface area contributed by atoms with Crippen LogP contribution in [0.15, 0.2) is 0 Å². The van der Waals surface area contributed by atoms with E-state index in [-0.39, 0.29) is 0 Å². The highest BCUT2D eigenvalue weighted by molar-refractivity contribution is 5.77. The van der Waals surface area contributed by atoms with Crippen molar-refractivity contribution in [2.75, 3.05) is 6.54 Å². The summed E-state index contributed by atoms with van der Waals surface area (Å²) in [7, 11) is 0. The molecule has 0 aromatic carbocycles. The molecule has 3 aliphatic rings. The number of carbonyl (C=O) groups excluding carboxylic acids is 1. The summed E-state index contributed by atoms with van der Waals surface area (Å²) >= 11 is 0. The fourth-order valence-electron chi connectivity index (χ4n) is 4.44. The number of rotatable bonds is 2. The maximum atomic E-state index is 12.4. The van der Waals surface area contributed by atoms with Crippen LogP contribution in [0.4, 0.5) is 0 Å². The third-order valence-corrected chi connectivity index (χ3v) is 5.44. The largest absolute Gasteiger partial charge is 0.340 e. The Labute approximate surface area is 105 Å². The zero-order chi connectivity index (χ0) is 11.8. The second kappa shape index (κ2) is 4.62. The smallest absolute Gasteiger partial charge is 0.223 e. The van der Waals surface area contributed by atoms with E-state index in [4.69, 9.17) is 0 Å². The minimum atomic E-state index is 0.453. The van der Waals surface area contributed by atoms with Crippen LogP contribution in [0.25, 0.3) is 0 Å². The lowest BCUT2D eigenvalue weighted by atomic mass is 9.86. The van der Waals surface area contributed by atoms with Gasteiger partial charge in [0.05, 0.1) is 0 Å². The maximum Gasteiger partial charge on any atom is 0.223 e. The monoisotopic (exact) mass is 235 g/mol. The topological polar surface area (TPSA) is 20.3 Å². The molecule has 4 unspecified atom stereocenters. The third-order valence-electron chi connectivity index (χ3n) is 5.44. The van der Waals surface area contributed by atoms with Crippen molar-refractivity contribution in [1.82, 2.24) is 4.90 Å². The van der Waals surface area contributed by atoms with Gasteiger partial charge < -0.3 is 4.90 Å². The van der Waals surface area contributed by atoms with Gasteiger partial charge in [0.15, 0.2) is 0 Å². The van der Waals surface area contributed by atoms with E-state index in [1.165, 1.54) is 44.9 Å². The van der Waals surface area contributed by atoms with Crippen LogP contribution in [0.5, 0.6) is 0 Å². The lowest BCUT2D eigenvalue weighted by Gasteiger charge is -2.35. The summed E-state index contributed by atoms with van der Waals surface area (Å²) in [5.41, 5.74) is 0. The van der Waals surface area contributed by atoms with Crippen molar-refractivity contribution in [2.24, 2.45) is 17.8 Å². The van der Waals surface area contributed by atoms with E-state index in [0.717, 1.165) is 30.7 Å². The van der Waals surface area contributed by atoms with Crippen LogP contribution in [-0.2, 0) is 4.79 Å². The highest BCUT2D eigenvalue weighted by atomic mass is 16.2. The number of nitrogens with zero attached hydrogens (tertiary/aromatic N) is 1. The summed E-state index contributed by atoms with van der Waals surface area (Å²) in [5.74, 6) is 3.05. The first-order valence-electron chi connectivity index (χ1n) is 7.53. The summed E-state index contributed by atoms with van der Waals surface area (Å²) in [6.45, 7) is 3.23. The van der Waals surface area contributed by atoms with Crippen LogP contribution in [0.1, 0.15) is 58.3 Å².